The minimum absolute atomic E-state index is 1.06. The molecular weight excluding hydrogens is 464 g/mol. The van der Waals surface area contributed by atoms with Crippen LogP contribution in [0.5, 0.6) is 0 Å². The summed E-state index contributed by atoms with van der Waals surface area (Å²) in [6, 6.07) is 30.2. The summed E-state index contributed by atoms with van der Waals surface area (Å²) in [5.41, 5.74) is 12.0. The number of nitrogens with one attached hydrogen (secondary N) is 2. The number of aromatic nitrogens is 2. The Bertz CT molecular complexity index is 1750. The molecule has 6 aromatic rings. The number of anilines is 4. The molecule has 2 heterocycles. The van der Waals surface area contributed by atoms with E-state index in [1.165, 1.54) is 68.3 Å². The molecule has 8 rings (SSSR count). The summed E-state index contributed by atoms with van der Waals surface area (Å²) in [4.78, 5) is 9.96. The van der Waals surface area contributed by atoms with Crippen molar-refractivity contribution in [2.75, 3.05) is 10.6 Å². The lowest BCUT2D eigenvalue weighted by molar-refractivity contribution is 0.901. The predicted molar refractivity (Wildman–Crippen MR) is 158 cm³/mol. The summed E-state index contributed by atoms with van der Waals surface area (Å²) in [6.07, 6.45) is 6.61. The normalized spacial score (nSPS) is 14.2. The van der Waals surface area contributed by atoms with Crippen molar-refractivity contribution >= 4 is 55.3 Å². The van der Waals surface area contributed by atoms with Crippen LogP contribution < -0.4 is 10.6 Å². The molecule has 4 heteroatoms. The summed E-state index contributed by atoms with van der Waals surface area (Å²) in [7, 11) is 0. The van der Waals surface area contributed by atoms with Crippen molar-refractivity contribution in [1.29, 1.82) is 0 Å². The minimum Gasteiger partial charge on any atom is -0.354 e. The third-order valence-electron chi connectivity index (χ3n) is 8.28. The number of pyridine rings is 2. The lowest BCUT2D eigenvalue weighted by Gasteiger charge is -2.19. The number of nitrogens with zero attached hydrogens (tertiary/aromatic N) is 2. The molecule has 2 aromatic heterocycles. The first-order valence-corrected chi connectivity index (χ1v) is 13.7. The average molecular weight is 493 g/mol. The maximum Gasteiger partial charge on any atom is 0.0726 e. The summed E-state index contributed by atoms with van der Waals surface area (Å²) in [6.45, 7) is 0. The lowest BCUT2D eigenvalue weighted by Crippen LogP contribution is -2.02. The summed E-state index contributed by atoms with van der Waals surface area (Å²) in [5.74, 6) is 0. The zero-order chi connectivity index (χ0) is 25.1. The van der Waals surface area contributed by atoms with Crippen LogP contribution in [-0.4, -0.2) is 9.97 Å². The van der Waals surface area contributed by atoms with Crippen molar-refractivity contribution in [2.45, 2.75) is 38.5 Å². The third kappa shape index (κ3) is 3.37. The molecule has 0 saturated carbocycles. The third-order valence-corrected chi connectivity index (χ3v) is 8.28. The van der Waals surface area contributed by atoms with Gasteiger partial charge in [-0.1, -0.05) is 60.7 Å². The van der Waals surface area contributed by atoms with E-state index in [9.17, 15) is 0 Å². The number of fused-ring (bicyclic) bond motifs is 5. The molecule has 0 fully saturated rings. The maximum absolute atomic E-state index is 4.98. The second kappa shape index (κ2) is 8.56. The lowest BCUT2D eigenvalue weighted by atomic mass is 10.0. The Balaban J connectivity index is 1.26. The van der Waals surface area contributed by atoms with Gasteiger partial charge in [-0.05, 0) is 73.9 Å². The zero-order valence-corrected chi connectivity index (χ0v) is 21.2. The van der Waals surface area contributed by atoms with Crippen molar-refractivity contribution in [3.05, 3.63) is 107 Å². The molecule has 0 unspecified atom stereocenters. The molecule has 4 nitrogen and oxygen atoms in total. The van der Waals surface area contributed by atoms with E-state index in [-0.39, 0.29) is 0 Å². The van der Waals surface area contributed by atoms with Gasteiger partial charge in [-0.25, -0.2) is 0 Å². The largest absolute Gasteiger partial charge is 0.354 e. The Hall–Kier alpha value is -4.44. The number of hydrogen-bond acceptors (Lipinski definition) is 4. The van der Waals surface area contributed by atoms with E-state index in [1.807, 2.05) is 0 Å². The average Bonchev–Trinajstić information content (AvgIpc) is 3.63. The monoisotopic (exact) mass is 492 g/mol. The molecule has 38 heavy (non-hydrogen) atoms. The highest BCUT2D eigenvalue weighted by atomic mass is 14.9. The van der Waals surface area contributed by atoms with Gasteiger partial charge in [0.1, 0.15) is 0 Å². The molecule has 4 aromatic carbocycles. The molecule has 2 aliphatic rings. The van der Waals surface area contributed by atoms with Gasteiger partial charge in [-0.3, -0.25) is 9.97 Å². The number of aryl methyl sites for hydroxylation is 2. The first kappa shape index (κ1) is 21.6. The zero-order valence-electron chi connectivity index (χ0n) is 21.2. The summed E-state index contributed by atoms with van der Waals surface area (Å²) in [5, 5.41) is 12.6. The van der Waals surface area contributed by atoms with Crippen LogP contribution in [0.4, 0.5) is 22.7 Å². The summed E-state index contributed by atoms with van der Waals surface area (Å²) >= 11 is 0. The van der Waals surface area contributed by atoms with E-state index >= 15 is 0 Å². The molecule has 0 amide bonds. The molecule has 0 spiro atoms. The van der Waals surface area contributed by atoms with Crippen molar-refractivity contribution in [3.63, 3.8) is 0 Å². The standard InChI is InChI=1S/C34H28N4/c1-3-15-29-23(9-1)33(25-13-7-19-31(25)35-29)37-27-17-5-12-22-21(27)11-6-18-28(22)38-34-24-10-2-4-16-30(24)36-32-20-8-14-26(32)34/h1-6,9-12,15-18H,7-8,13-14,19-20H2,(H,35,37)(H,36,38). The van der Waals surface area contributed by atoms with Crippen LogP contribution in [-0.2, 0) is 25.7 Å². The molecular formula is C34H28N4. The second-order valence-electron chi connectivity index (χ2n) is 10.5. The van der Waals surface area contributed by atoms with Gasteiger partial charge in [-0.2, -0.15) is 0 Å². The van der Waals surface area contributed by atoms with Gasteiger partial charge < -0.3 is 10.6 Å². The van der Waals surface area contributed by atoms with E-state index in [0.29, 0.717) is 0 Å². The van der Waals surface area contributed by atoms with Gasteiger partial charge in [0.05, 0.1) is 22.4 Å². The second-order valence-corrected chi connectivity index (χ2v) is 10.5. The number of hydrogen-bond donors (Lipinski definition) is 2. The molecule has 0 atom stereocenters. The molecule has 184 valence electrons. The predicted octanol–water partition coefficient (Wildman–Crippen LogP) is 8.40. The highest BCUT2D eigenvalue weighted by Gasteiger charge is 2.22. The van der Waals surface area contributed by atoms with Crippen molar-refractivity contribution in [3.8, 4) is 0 Å². The van der Waals surface area contributed by atoms with Gasteiger partial charge in [0.25, 0.3) is 0 Å². The molecule has 0 saturated heterocycles. The molecule has 2 N–H and O–H groups in total. The molecule has 2 aliphatic carbocycles. The molecule has 0 bridgehead atoms. The Labute approximate surface area is 221 Å². The van der Waals surface area contributed by atoms with Crippen LogP contribution in [0, 0.1) is 0 Å². The van der Waals surface area contributed by atoms with Crippen molar-refractivity contribution in [1.82, 2.24) is 9.97 Å². The van der Waals surface area contributed by atoms with Gasteiger partial charge in [-0.15, -0.1) is 0 Å². The van der Waals surface area contributed by atoms with Crippen LogP contribution in [0.1, 0.15) is 35.4 Å². The van der Waals surface area contributed by atoms with Crippen LogP contribution in [0.25, 0.3) is 32.6 Å². The molecule has 0 aliphatic heterocycles. The minimum atomic E-state index is 1.06. The van der Waals surface area contributed by atoms with Gasteiger partial charge in [0, 0.05) is 44.3 Å². The summed E-state index contributed by atoms with van der Waals surface area (Å²) < 4.78 is 0. The van der Waals surface area contributed by atoms with E-state index < -0.39 is 0 Å². The van der Waals surface area contributed by atoms with Gasteiger partial charge in [0.2, 0.25) is 0 Å². The Morgan fingerprint density at radius 1 is 0.447 bits per heavy atom. The Morgan fingerprint density at radius 3 is 1.39 bits per heavy atom. The van der Waals surface area contributed by atoms with E-state index in [2.05, 4.69) is 95.6 Å². The van der Waals surface area contributed by atoms with E-state index in [0.717, 1.165) is 48.1 Å². The Kier molecular flexibility index (Phi) is 4.87. The fourth-order valence-corrected chi connectivity index (χ4v) is 6.50. The Morgan fingerprint density at radius 2 is 0.895 bits per heavy atom. The number of rotatable bonds is 4. The van der Waals surface area contributed by atoms with Gasteiger partial charge in [0.15, 0.2) is 0 Å². The first-order valence-electron chi connectivity index (χ1n) is 13.7. The SMILES string of the molecule is c1ccc2c(Nc3cccc4c(Nc5c6c(nc7ccccc57)CCC6)cccc34)c3c(nc2c1)CCC3. The highest BCUT2D eigenvalue weighted by Crippen LogP contribution is 2.40. The fourth-order valence-electron chi connectivity index (χ4n) is 6.50. The van der Waals surface area contributed by atoms with Crippen molar-refractivity contribution < 1.29 is 0 Å². The van der Waals surface area contributed by atoms with Crippen LogP contribution in [0.3, 0.4) is 0 Å². The topological polar surface area (TPSA) is 49.8 Å². The van der Waals surface area contributed by atoms with Gasteiger partial charge >= 0.3 is 0 Å². The highest BCUT2D eigenvalue weighted by molar-refractivity contribution is 6.07. The number of benzene rings is 4. The maximum atomic E-state index is 4.98. The quantitative estimate of drug-likeness (QED) is 0.259. The first-order chi connectivity index (χ1) is 18.8. The molecule has 0 radical (unpaired) electrons. The van der Waals surface area contributed by atoms with E-state index in [4.69, 9.17) is 9.97 Å². The van der Waals surface area contributed by atoms with E-state index in [1.54, 1.807) is 0 Å². The smallest absolute Gasteiger partial charge is 0.0726 e. The van der Waals surface area contributed by atoms with Crippen LogP contribution in [0.15, 0.2) is 84.9 Å². The van der Waals surface area contributed by atoms with Crippen LogP contribution >= 0.6 is 0 Å². The fraction of sp³-hybridized carbons (Fsp3) is 0.176. The van der Waals surface area contributed by atoms with Crippen LogP contribution in [0.2, 0.25) is 0 Å². The number of para-hydroxylation sites is 2. The van der Waals surface area contributed by atoms with Crippen molar-refractivity contribution in [2.24, 2.45) is 0 Å².